The predicted molar refractivity (Wildman–Crippen MR) is 120 cm³/mol. The van der Waals surface area contributed by atoms with E-state index in [0.29, 0.717) is 30.6 Å². The van der Waals surface area contributed by atoms with Gasteiger partial charge in [-0.25, -0.2) is 9.50 Å². The molecule has 1 aromatic carbocycles. The Labute approximate surface area is 187 Å². The lowest BCUT2D eigenvalue weighted by Gasteiger charge is -2.30. The number of amides is 1. The minimum Gasteiger partial charge on any atom is -0.390 e. The quantitative estimate of drug-likeness (QED) is 0.588. The zero-order valence-electron chi connectivity index (χ0n) is 18.5. The summed E-state index contributed by atoms with van der Waals surface area (Å²) in [7, 11) is 0. The Morgan fingerprint density at radius 2 is 2.09 bits per heavy atom. The van der Waals surface area contributed by atoms with Crippen LogP contribution in [0.15, 0.2) is 30.5 Å². The molecule has 0 aliphatic carbocycles. The third-order valence-electron chi connectivity index (χ3n) is 6.14. The second-order valence-electron chi connectivity index (χ2n) is 8.38. The first-order valence-corrected chi connectivity index (χ1v) is 10.9. The van der Waals surface area contributed by atoms with Gasteiger partial charge in [-0.2, -0.15) is 10.4 Å². The molecule has 8 nitrogen and oxygen atoms in total. The largest absolute Gasteiger partial charge is 0.390 e. The molecule has 3 aromatic rings. The van der Waals surface area contributed by atoms with Crippen molar-refractivity contribution in [2.45, 2.75) is 45.8 Å². The molecule has 8 heteroatoms. The standard InChI is InChI=1S/C24H28N6O2/c1-16-22(17(2)30-24(28-16)20(11-25)12-27-30)7-8-23(32)26-13-21(31)15-29-10-9-18-5-3-4-6-19(18)14-29/h3-6,12,21,31H,7-10,13-15H2,1-2H3,(H,26,32). The predicted octanol–water partition coefficient (Wildman–Crippen LogP) is 1.69. The summed E-state index contributed by atoms with van der Waals surface area (Å²) in [5, 5.41) is 26.7. The molecule has 1 unspecified atom stereocenters. The van der Waals surface area contributed by atoms with Crippen LogP contribution in [0, 0.1) is 25.2 Å². The first-order chi connectivity index (χ1) is 15.5. The van der Waals surface area contributed by atoms with Crippen molar-refractivity contribution >= 4 is 11.6 Å². The molecule has 0 fully saturated rings. The van der Waals surface area contributed by atoms with Crippen LogP contribution < -0.4 is 5.32 Å². The SMILES string of the molecule is Cc1nc2c(C#N)cnn2c(C)c1CCC(=O)NCC(O)CN1CCc2ccccc2C1. The normalized spacial score (nSPS) is 14.7. The minimum absolute atomic E-state index is 0.106. The number of benzene rings is 1. The smallest absolute Gasteiger partial charge is 0.220 e. The van der Waals surface area contributed by atoms with Crippen LogP contribution in [0.2, 0.25) is 0 Å². The second kappa shape index (κ2) is 9.47. The monoisotopic (exact) mass is 432 g/mol. The fourth-order valence-corrected chi connectivity index (χ4v) is 4.38. The van der Waals surface area contributed by atoms with Gasteiger partial charge >= 0.3 is 0 Å². The average Bonchev–Trinajstić information content (AvgIpc) is 3.20. The molecule has 166 valence electrons. The van der Waals surface area contributed by atoms with E-state index in [0.717, 1.165) is 36.5 Å². The highest BCUT2D eigenvalue weighted by molar-refractivity contribution is 5.76. The number of nitrogens with zero attached hydrogens (tertiary/aromatic N) is 5. The van der Waals surface area contributed by atoms with Crippen molar-refractivity contribution in [2.75, 3.05) is 19.6 Å². The van der Waals surface area contributed by atoms with Gasteiger partial charge in [0.2, 0.25) is 5.91 Å². The fourth-order valence-electron chi connectivity index (χ4n) is 4.38. The van der Waals surface area contributed by atoms with E-state index in [9.17, 15) is 15.2 Å². The van der Waals surface area contributed by atoms with Crippen molar-refractivity contribution in [3.63, 3.8) is 0 Å². The number of aliphatic hydroxyl groups excluding tert-OH is 1. The Morgan fingerprint density at radius 1 is 1.31 bits per heavy atom. The molecule has 1 aliphatic heterocycles. The van der Waals surface area contributed by atoms with Gasteiger partial charge in [0.05, 0.1) is 12.3 Å². The summed E-state index contributed by atoms with van der Waals surface area (Å²) in [4.78, 5) is 19.1. The van der Waals surface area contributed by atoms with Crippen molar-refractivity contribution in [3.8, 4) is 6.07 Å². The van der Waals surface area contributed by atoms with Crippen LogP contribution in [0.4, 0.5) is 0 Å². The third kappa shape index (κ3) is 4.64. The number of carbonyl (C=O) groups is 1. The number of hydrogen-bond acceptors (Lipinski definition) is 6. The summed E-state index contributed by atoms with van der Waals surface area (Å²) in [6.07, 6.45) is 2.70. The number of aryl methyl sites for hydroxylation is 2. The molecule has 1 aliphatic rings. The van der Waals surface area contributed by atoms with Crippen LogP contribution in [0.25, 0.3) is 5.65 Å². The number of nitriles is 1. The van der Waals surface area contributed by atoms with Crippen LogP contribution >= 0.6 is 0 Å². The molecule has 3 heterocycles. The van der Waals surface area contributed by atoms with E-state index in [1.165, 1.54) is 17.3 Å². The Balaban J connectivity index is 1.27. The van der Waals surface area contributed by atoms with E-state index in [2.05, 4.69) is 44.6 Å². The van der Waals surface area contributed by atoms with Crippen molar-refractivity contribution in [1.29, 1.82) is 5.26 Å². The van der Waals surface area contributed by atoms with E-state index in [1.807, 2.05) is 19.9 Å². The first-order valence-electron chi connectivity index (χ1n) is 10.9. The number of rotatable bonds is 7. The molecule has 0 spiro atoms. The maximum absolute atomic E-state index is 12.4. The lowest BCUT2D eigenvalue weighted by Crippen LogP contribution is -2.42. The van der Waals surface area contributed by atoms with Gasteiger partial charge in [0.15, 0.2) is 5.65 Å². The molecule has 1 amide bonds. The molecular formula is C24H28N6O2. The molecule has 2 N–H and O–H groups in total. The summed E-state index contributed by atoms with van der Waals surface area (Å²) in [6.45, 7) is 6.32. The van der Waals surface area contributed by atoms with Gasteiger partial charge in [0.1, 0.15) is 11.6 Å². The number of nitrogens with one attached hydrogen (secondary N) is 1. The van der Waals surface area contributed by atoms with Gasteiger partial charge in [-0.1, -0.05) is 24.3 Å². The Morgan fingerprint density at radius 3 is 2.88 bits per heavy atom. The maximum atomic E-state index is 12.4. The van der Waals surface area contributed by atoms with E-state index in [4.69, 9.17) is 0 Å². The molecule has 2 aromatic heterocycles. The summed E-state index contributed by atoms with van der Waals surface area (Å²) < 4.78 is 1.65. The van der Waals surface area contributed by atoms with Gasteiger partial charge < -0.3 is 10.4 Å². The number of aliphatic hydroxyl groups is 1. The summed E-state index contributed by atoms with van der Waals surface area (Å²) in [5.74, 6) is -0.106. The lowest BCUT2D eigenvalue weighted by molar-refractivity contribution is -0.121. The highest BCUT2D eigenvalue weighted by atomic mass is 16.3. The lowest BCUT2D eigenvalue weighted by atomic mass is 10.00. The van der Waals surface area contributed by atoms with Crippen LogP contribution in [0.1, 0.15) is 40.1 Å². The molecule has 0 bridgehead atoms. The van der Waals surface area contributed by atoms with Gasteiger partial charge in [-0.3, -0.25) is 9.69 Å². The van der Waals surface area contributed by atoms with Crippen LogP contribution in [-0.2, 0) is 24.2 Å². The van der Waals surface area contributed by atoms with E-state index in [1.54, 1.807) is 4.52 Å². The Hall–Kier alpha value is -3.28. The fraction of sp³-hybridized carbons (Fsp3) is 0.417. The number of aromatic nitrogens is 3. The number of β-amino-alcohol motifs (C(OH)–C–C–N with tert-alkyl or cyclic N) is 1. The van der Waals surface area contributed by atoms with Gasteiger partial charge in [-0.05, 0) is 43.4 Å². The Kier molecular flexibility index (Phi) is 6.49. The zero-order valence-corrected chi connectivity index (χ0v) is 18.5. The molecule has 4 rings (SSSR count). The highest BCUT2D eigenvalue weighted by Gasteiger charge is 2.19. The topological polar surface area (TPSA) is 107 Å². The molecule has 0 radical (unpaired) electrons. The van der Waals surface area contributed by atoms with E-state index in [-0.39, 0.29) is 12.5 Å². The number of hydrogen-bond donors (Lipinski definition) is 2. The van der Waals surface area contributed by atoms with Crippen LogP contribution in [-0.4, -0.2) is 56.2 Å². The zero-order chi connectivity index (χ0) is 22.7. The van der Waals surface area contributed by atoms with Crippen LogP contribution in [0.3, 0.4) is 0 Å². The van der Waals surface area contributed by atoms with Crippen molar-refractivity contribution in [1.82, 2.24) is 24.8 Å². The van der Waals surface area contributed by atoms with Crippen molar-refractivity contribution in [3.05, 3.63) is 64.1 Å². The Bertz CT molecular complexity index is 1180. The molecular weight excluding hydrogens is 404 g/mol. The van der Waals surface area contributed by atoms with E-state index < -0.39 is 6.10 Å². The molecule has 1 atom stereocenters. The average molecular weight is 433 g/mol. The maximum Gasteiger partial charge on any atom is 0.220 e. The van der Waals surface area contributed by atoms with E-state index >= 15 is 0 Å². The van der Waals surface area contributed by atoms with Gasteiger partial charge in [-0.15, -0.1) is 0 Å². The summed E-state index contributed by atoms with van der Waals surface area (Å²) in [5.41, 5.74) is 6.30. The molecule has 0 saturated heterocycles. The van der Waals surface area contributed by atoms with Crippen molar-refractivity contribution in [2.24, 2.45) is 0 Å². The second-order valence-corrected chi connectivity index (χ2v) is 8.38. The third-order valence-corrected chi connectivity index (χ3v) is 6.14. The summed E-state index contributed by atoms with van der Waals surface area (Å²) in [6, 6.07) is 10.5. The van der Waals surface area contributed by atoms with Gasteiger partial charge in [0, 0.05) is 44.0 Å². The minimum atomic E-state index is -0.612. The van der Waals surface area contributed by atoms with Crippen molar-refractivity contribution < 1.29 is 9.90 Å². The first kappa shape index (κ1) is 21.9. The number of carbonyl (C=O) groups excluding carboxylic acids is 1. The van der Waals surface area contributed by atoms with Crippen LogP contribution in [0.5, 0.6) is 0 Å². The molecule has 32 heavy (non-hydrogen) atoms. The number of fused-ring (bicyclic) bond motifs is 2. The molecule has 0 saturated carbocycles. The highest BCUT2D eigenvalue weighted by Crippen LogP contribution is 2.19. The summed E-state index contributed by atoms with van der Waals surface area (Å²) >= 11 is 0. The van der Waals surface area contributed by atoms with Gasteiger partial charge in [0.25, 0.3) is 0 Å².